The van der Waals surface area contributed by atoms with Crippen molar-refractivity contribution in [2.75, 3.05) is 21.3 Å². The predicted molar refractivity (Wildman–Crippen MR) is 103 cm³/mol. The van der Waals surface area contributed by atoms with Crippen LogP contribution in [0.5, 0.6) is 17.2 Å². The first-order chi connectivity index (χ1) is 13.0. The molecule has 27 heavy (non-hydrogen) atoms. The summed E-state index contributed by atoms with van der Waals surface area (Å²) in [6.07, 6.45) is 1.23. The lowest BCUT2D eigenvalue weighted by Crippen LogP contribution is -2.49. The van der Waals surface area contributed by atoms with Crippen LogP contribution in [0.1, 0.15) is 23.6 Å². The Labute approximate surface area is 163 Å². The molecule has 144 valence electrons. The molecule has 2 N–H and O–H groups in total. The zero-order chi connectivity index (χ0) is 19.4. The zero-order valence-electron chi connectivity index (χ0n) is 15.5. The molecule has 0 saturated carbocycles. The Hall–Kier alpha value is -2.44. The Balaban J connectivity index is 1.81. The number of amides is 1. The van der Waals surface area contributed by atoms with Crippen LogP contribution in [0.15, 0.2) is 36.4 Å². The van der Waals surface area contributed by atoms with E-state index in [0.29, 0.717) is 35.1 Å². The Bertz CT molecular complexity index is 785. The van der Waals surface area contributed by atoms with E-state index in [4.69, 9.17) is 25.8 Å². The number of hydrogen-bond acceptors (Lipinski definition) is 5. The van der Waals surface area contributed by atoms with Crippen LogP contribution in [0, 0.1) is 5.92 Å². The molecule has 2 aromatic rings. The minimum absolute atomic E-state index is 0.0204. The zero-order valence-corrected chi connectivity index (χ0v) is 16.3. The molecule has 0 radical (unpaired) electrons. The van der Waals surface area contributed by atoms with Crippen molar-refractivity contribution < 1.29 is 19.0 Å². The highest BCUT2D eigenvalue weighted by Gasteiger charge is 2.30. The van der Waals surface area contributed by atoms with Gasteiger partial charge in [-0.25, -0.2) is 5.43 Å². The van der Waals surface area contributed by atoms with E-state index < -0.39 is 0 Å². The number of nitrogens with one attached hydrogen (secondary N) is 2. The van der Waals surface area contributed by atoms with E-state index in [2.05, 4.69) is 10.9 Å². The van der Waals surface area contributed by atoms with Crippen molar-refractivity contribution in [2.45, 2.75) is 18.9 Å². The largest absolute Gasteiger partial charge is 0.493 e. The highest BCUT2D eigenvalue weighted by molar-refractivity contribution is 6.30. The highest BCUT2D eigenvalue weighted by atomic mass is 35.5. The van der Waals surface area contributed by atoms with E-state index in [-0.39, 0.29) is 17.9 Å². The molecule has 1 amide bonds. The number of rotatable bonds is 6. The molecule has 2 atom stereocenters. The molecule has 1 aliphatic heterocycles. The van der Waals surface area contributed by atoms with E-state index in [1.165, 1.54) is 0 Å². The third-order valence-electron chi connectivity index (χ3n) is 4.74. The van der Waals surface area contributed by atoms with Crippen molar-refractivity contribution in [3.05, 3.63) is 52.5 Å². The number of hydrogen-bond donors (Lipinski definition) is 2. The molecule has 2 unspecified atom stereocenters. The summed E-state index contributed by atoms with van der Waals surface area (Å²) < 4.78 is 16.2. The molecule has 3 rings (SSSR count). The molecule has 1 aliphatic rings. The predicted octanol–water partition coefficient (Wildman–Crippen LogP) is 3.29. The lowest BCUT2D eigenvalue weighted by atomic mass is 9.88. The van der Waals surface area contributed by atoms with Gasteiger partial charge in [0, 0.05) is 10.9 Å². The van der Waals surface area contributed by atoms with Gasteiger partial charge in [-0.3, -0.25) is 10.2 Å². The maximum absolute atomic E-state index is 12.4. The lowest BCUT2D eigenvalue weighted by Gasteiger charge is -2.30. The number of benzene rings is 2. The van der Waals surface area contributed by atoms with E-state index in [1.54, 1.807) is 21.3 Å². The second kappa shape index (κ2) is 8.50. The minimum atomic E-state index is -0.185. The van der Waals surface area contributed by atoms with Crippen molar-refractivity contribution in [1.82, 2.24) is 10.9 Å². The van der Waals surface area contributed by atoms with Gasteiger partial charge in [0.2, 0.25) is 11.7 Å². The molecule has 2 aromatic carbocycles. The van der Waals surface area contributed by atoms with Gasteiger partial charge in [0.1, 0.15) is 0 Å². The van der Waals surface area contributed by atoms with Crippen LogP contribution in [0.2, 0.25) is 5.02 Å². The second-order valence-corrected chi connectivity index (χ2v) is 6.84. The summed E-state index contributed by atoms with van der Waals surface area (Å²) in [5.41, 5.74) is 7.88. The van der Waals surface area contributed by atoms with E-state index >= 15 is 0 Å². The second-order valence-electron chi connectivity index (χ2n) is 6.41. The summed E-state index contributed by atoms with van der Waals surface area (Å²) in [7, 11) is 4.72. The van der Waals surface area contributed by atoms with Crippen molar-refractivity contribution in [3.8, 4) is 17.2 Å². The summed E-state index contributed by atoms with van der Waals surface area (Å²) >= 11 is 5.97. The first-order valence-corrected chi connectivity index (χ1v) is 9.03. The number of halogens is 1. The SMILES string of the molecule is COc1cc(CC2CC(c3ccc(Cl)cc3)NNC2=O)cc(OC)c1OC. The minimum Gasteiger partial charge on any atom is -0.493 e. The molecule has 0 aromatic heterocycles. The molecular formula is C20H23ClN2O4. The fourth-order valence-corrected chi connectivity index (χ4v) is 3.47. The molecule has 0 bridgehead atoms. The van der Waals surface area contributed by atoms with Crippen molar-refractivity contribution in [3.63, 3.8) is 0 Å². The topological polar surface area (TPSA) is 68.8 Å². The maximum atomic E-state index is 12.4. The number of carbonyl (C=O) groups excluding carboxylic acids is 1. The maximum Gasteiger partial charge on any atom is 0.237 e. The first-order valence-electron chi connectivity index (χ1n) is 8.65. The average Bonchev–Trinajstić information content (AvgIpc) is 2.69. The lowest BCUT2D eigenvalue weighted by molar-refractivity contribution is -0.128. The molecule has 0 aliphatic carbocycles. The monoisotopic (exact) mass is 390 g/mol. The van der Waals surface area contributed by atoms with Gasteiger partial charge >= 0.3 is 0 Å². The fraction of sp³-hybridized carbons (Fsp3) is 0.350. The summed E-state index contributed by atoms with van der Waals surface area (Å²) in [6.45, 7) is 0. The van der Waals surface area contributed by atoms with Crippen LogP contribution in [0.4, 0.5) is 0 Å². The van der Waals surface area contributed by atoms with Gasteiger partial charge in [0.15, 0.2) is 11.5 Å². The summed E-state index contributed by atoms with van der Waals surface area (Å²) in [4.78, 5) is 12.4. The van der Waals surface area contributed by atoms with Crippen LogP contribution >= 0.6 is 11.6 Å². The smallest absolute Gasteiger partial charge is 0.237 e. The van der Waals surface area contributed by atoms with E-state index in [0.717, 1.165) is 11.1 Å². The third-order valence-corrected chi connectivity index (χ3v) is 4.99. The fourth-order valence-electron chi connectivity index (χ4n) is 3.34. The van der Waals surface area contributed by atoms with Gasteiger partial charge in [-0.05, 0) is 48.2 Å². The van der Waals surface area contributed by atoms with Crippen LogP contribution < -0.4 is 25.1 Å². The van der Waals surface area contributed by atoms with Gasteiger partial charge in [-0.15, -0.1) is 0 Å². The van der Waals surface area contributed by atoms with Crippen LogP contribution in [0.3, 0.4) is 0 Å². The van der Waals surface area contributed by atoms with Crippen molar-refractivity contribution >= 4 is 17.5 Å². The van der Waals surface area contributed by atoms with Crippen LogP contribution in [-0.2, 0) is 11.2 Å². The Morgan fingerprint density at radius 1 is 1.04 bits per heavy atom. The highest BCUT2D eigenvalue weighted by Crippen LogP contribution is 2.39. The number of methoxy groups -OCH3 is 3. The van der Waals surface area contributed by atoms with E-state index in [9.17, 15) is 4.79 Å². The van der Waals surface area contributed by atoms with Crippen LogP contribution in [-0.4, -0.2) is 27.2 Å². The van der Waals surface area contributed by atoms with Crippen LogP contribution in [0.25, 0.3) is 0 Å². The quantitative estimate of drug-likeness (QED) is 0.792. The first kappa shape index (κ1) is 19.3. The molecule has 1 fully saturated rings. The molecular weight excluding hydrogens is 368 g/mol. The summed E-state index contributed by atoms with van der Waals surface area (Å²) in [6, 6.07) is 11.4. The molecule has 0 spiro atoms. The number of ether oxygens (including phenoxy) is 3. The Kier molecular flexibility index (Phi) is 6.08. The van der Waals surface area contributed by atoms with Gasteiger partial charge < -0.3 is 14.2 Å². The molecule has 7 heteroatoms. The van der Waals surface area contributed by atoms with Gasteiger partial charge in [-0.1, -0.05) is 23.7 Å². The Morgan fingerprint density at radius 2 is 1.67 bits per heavy atom. The Morgan fingerprint density at radius 3 is 2.22 bits per heavy atom. The van der Waals surface area contributed by atoms with Gasteiger partial charge in [-0.2, -0.15) is 0 Å². The standard InChI is InChI=1S/C20H23ClN2O4/c1-25-17-9-12(10-18(26-2)19(17)27-3)8-14-11-16(22-23-20(14)24)13-4-6-15(21)7-5-13/h4-7,9-10,14,16,22H,8,11H2,1-3H3,(H,23,24). The third kappa shape index (κ3) is 4.28. The molecule has 1 saturated heterocycles. The van der Waals surface area contributed by atoms with Gasteiger partial charge in [0.05, 0.1) is 27.4 Å². The summed E-state index contributed by atoms with van der Waals surface area (Å²) in [5.74, 6) is 1.48. The molecule has 6 nitrogen and oxygen atoms in total. The summed E-state index contributed by atoms with van der Waals surface area (Å²) in [5, 5.41) is 0.688. The van der Waals surface area contributed by atoms with Crippen molar-refractivity contribution in [1.29, 1.82) is 0 Å². The normalized spacial score (nSPS) is 19.3. The van der Waals surface area contributed by atoms with E-state index in [1.807, 2.05) is 36.4 Å². The number of carbonyl (C=O) groups is 1. The van der Waals surface area contributed by atoms with Crippen molar-refractivity contribution in [2.24, 2.45) is 5.92 Å². The molecule has 1 heterocycles. The van der Waals surface area contributed by atoms with Gasteiger partial charge in [0.25, 0.3) is 0 Å². The average molecular weight is 391 g/mol. The number of hydrazine groups is 1.